The molecule has 2 aromatic carbocycles. The molecule has 0 aromatic heterocycles. The average Bonchev–Trinajstić information content (AvgIpc) is 2.66. The summed E-state index contributed by atoms with van der Waals surface area (Å²) in [5.41, 5.74) is 1.20. The number of rotatable bonds is 4. The third-order valence-corrected chi connectivity index (χ3v) is 9.85. The van der Waals surface area contributed by atoms with Crippen LogP contribution in [-0.4, -0.2) is 51.6 Å². The van der Waals surface area contributed by atoms with Gasteiger partial charge in [0.15, 0.2) is 0 Å². The van der Waals surface area contributed by atoms with E-state index in [4.69, 9.17) is 34.8 Å². The van der Waals surface area contributed by atoms with Crippen molar-refractivity contribution in [3.8, 4) is 0 Å². The third kappa shape index (κ3) is 4.44. The number of nitrogens with zero attached hydrogens (tertiary/aromatic N) is 2. The van der Waals surface area contributed by atoms with Gasteiger partial charge in [-0.3, -0.25) is 0 Å². The van der Waals surface area contributed by atoms with Crippen molar-refractivity contribution in [2.75, 3.05) is 26.2 Å². The molecule has 158 valence electrons. The van der Waals surface area contributed by atoms with E-state index in [2.05, 4.69) is 0 Å². The van der Waals surface area contributed by atoms with E-state index in [1.54, 1.807) is 26.0 Å². The van der Waals surface area contributed by atoms with Gasteiger partial charge in [0.1, 0.15) is 4.90 Å². The molecule has 1 aliphatic rings. The van der Waals surface area contributed by atoms with Gasteiger partial charge in [0.05, 0.1) is 9.92 Å². The molecule has 0 unspecified atom stereocenters. The van der Waals surface area contributed by atoms with Crippen molar-refractivity contribution in [2.45, 2.75) is 23.6 Å². The molecule has 1 aliphatic heterocycles. The first-order valence-electron chi connectivity index (χ1n) is 8.66. The molecule has 0 radical (unpaired) electrons. The van der Waals surface area contributed by atoms with Crippen molar-refractivity contribution in [2.24, 2.45) is 0 Å². The van der Waals surface area contributed by atoms with Crippen LogP contribution in [0.3, 0.4) is 0 Å². The molecular weight excluding hydrogens is 479 g/mol. The summed E-state index contributed by atoms with van der Waals surface area (Å²) in [7, 11) is -7.67. The zero-order valence-electron chi connectivity index (χ0n) is 15.7. The van der Waals surface area contributed by atoms with Gasteiger partial charge in [-0.25, -0.2) is 16.8 Å². The number of aryl methyl sites for hydroxylation is 2. The van der Waals surface area contributed by atoms with Crippen molar-refractivity contribution in [3.05, 3.63) is 56.5 Å². The monoisotopic (exact) mass is 496 g/mol. The lowest BCUT2D eigenvalue weighted by Crippen LogP contribution is -2.50. The molecule has 0 bridgehead atoms. The van der Waals surface area contributed by atoms with Crippen LogP contribution in [0.25, 0.3) is 0 Å². The fourth-order valence-corrected chi connectivity index (χ4v) is 7.23. The third-order valence-electron chi connectivity index (χ3n) is 4.78. The van der Waals surface area contributed by atoms with Gasteiger partial charge in [-0.1, -0.05) is 34.8 Å². The first-order chi connectivity index (χ1) is 13.4. The van der Waals surface area contributed by atoms with E-state index in [0.717, 1.165) is 0 Å². The zero-order chi connectivity index (χ0) is 21.6. The van der Waals surface area contributed by atoms with Gasteiger partial charge in [-0.05, 0) is 55.3 Å². The van der Waals surface area contributed by atoms with Crippen molar-refractivity contribution in [1.29, 1.82) is 0 Å². The minimum Gasteiger partial charge on any atom is -0.207 e. The highest BCUT2D eigenvalue weighted by Gasteiger charge is 2.35. The Kier molecular flexibility index (Phi) is 6.56. The van der Waals surface area contributed by atoms with Crippen LogP contribution in [0.5, 0.6) is 0 Å². The predicted octanol–water partition coefficient (Wildman–Crippen LogP) is 3.96. The van der Waals surface area contributed by atoms with Crippen molar-refractivity contribution >= 4 is 54.8 Å². The fraction of sp³-hybridized carbons (Fsp3) is 0.333. The Morgan fingerprint density at radius 3 is 1.76 bits per heavy atom. The van der Waals surface area contributed by atoms with Crippen LogP contribution in [0.1, 0.15) is 11.1 Å². The number of hydrogen-bond acceptors (Lipinski definition) is 4. The van der Waals surface area contributed by atoms with Crippen LogP contribution < -0.4 is 0 Å². The number of halogens is 3. The predicted molar refractivity (Wildman–Crippen MR) is 115 cm³/mol. The quantitative estimate of drug-likeness (QED) is 0.641. The maximum atomic E-state index is 13.1. The van der Waals surface area contributed by atoms with Crippen LogP contribution in [0.4, 0.5) is 0 Å². The highest BCUT2D eigenvalue weighted by molar-refractivity contribution is 7.89. The lowest BCUT2D eigenvalue weighted by Gasteiger charge is -2.33. The van der Waals surface area contributed by atoms with E-state index in [0.29, 0.717) is 16.1 Å². The standard InChI is InChI=1S/C18H19Cl3N2O4S2/c1-12-10-17(13(2)9-16(12)21)28(24,25)22-5-7-23(8-6-22)29(26,27)18-11-14(19)3-4-15(18)20/h3-4,9-11H,5-8H2,1-2H3. The Morgan fingerprint density at radius 2 is 1.21 bits per heavy atom. The molecule has 0 aliphatic carbocycles. The molecule has 6 nitrogen and oxygen atoms in total. The zero-order valence-corrected chi connectivity index (χ0v) is 19.6. The van der Waals surface area contributed by atoms with Gasteiger partial charge in [-0.2, -0.15) is 8.61 Å². The molecule has 0 spiro atoms. The smallest absolute Gasteiger partial charge is 0.207 e. The summed E-state index contributed by atoms with van der Waals surface area (Å²) in [4.78, 5) is 0.0840. The van der Waals surface area contributed by atoms with Crippen LogP contribution in [0.15, 0.2) is 40.1 Å². The molecule has 0 saturated carbocycles. The molecule has 0 atom stereocenters. The molecule has 1 heterocycles. The molecule has 11 heteroatoms. The molecule has 0 amide bonds. The van der Waals surface area contributed by atoms with Crippen LogP contribution in [0.2, 0.25) is 15.1 Å². The second-order valence-electron chi connectivity index (χ2n) is 6.75. The Morgan fingerprint density at radius 1 is 0.690 bits per heavy atom. The SMILES string of the molecule is Cc1cc(S(=O)(=O)N2CCN(S(=O)(=O)c3cc(Cl)ccc3Cl)CC2)c(C)cc1Cl. The van der Waals surface area contributed by atoms with Crippen LogP contribution in [-0.2, 0) is 20.0 Å². The van der Waals surface area contributed by atoms with Gasteiger partial charge >= 0.3 is 0 Å². The topological polar surface area (TPSA) is 74.8 Å². The Hall–Kier alpha value is -0.870. The number of benzene rings is 2. The van der Waals surface area contributed by atoms with Gasteiger partial charge < -0.3 is 0 Å². The van der Waals surface area contributed by atoms with Gasteiger partial charge in [-0.15, -0.1) is 0 Å². The molecule has 0 N–H and O–H groups in total. The normalized spacial score (nSPS) is 16.9. The molecule has 3 rings (SSSR count). The number of sulfonamides is 2. The molecule has 29 heavy (non-hydrogen) atoms. The second-order valence-corrected chi connectivity index (χ2v) is 11.8. The molecule has 1 saturated heterocycles. The summed E-state index contributed by atoms with van der Waals surface area (Å²) in [6, 6.07) is 7.38. The van der Waals surface area contributed by atoms with Gasteiger partial charge in [0.2, 0.25) is 20.0 Å². The maximum absolute atomic E-state index is 13.1. The van der Waals surface area contributed by atoms with E-state index in [9.17, 15) is 16.8 Å². The van der Waals surface area contributed by atoms with Crippen molar-refractivity contribution in [1.82, 2.24) is 8.61 Å². The van der Waals surface area contributed by atoms with Gasteiger partial charge in [0, 0.05) is 36.2 Å². The minimum absolute atomic E-state index is 0.00995. The minimum atomic E-state index is -3.89. The Labute approximate surface area is 186 Å². The molecule has 1 fully saturated rings. The van der Waals surface area contributed by atoms with Gasteiger partial charge in [0.25, 0.3) is 0 Å². The van der Waals surface area contributed by atoms with Crippen LogP contribution >= 0.6 is 34.8 Å². The summed E-state index contributed by atoms with van der Waals surface area (Å²) in [5, 5.41) is 0.815. The fourth-order valence-electron chi connectivity index (χ4n) is 3.14. The molecule has 2 aromatic rings. The molecular formula is C18H19Cl3N2O4S2. The second kappa shape index (κ2) is 8.34. The lowest BCUT2D eigenvalue weighted by molar-refractivity contribution is 0.272. The highest BCUT2D eigenvalue weighted by atomic mass is 35.5. The Bertz CT molecular complexity index is 1160. The largest absolute Gasteiger partial charge is 0.244 e. The van der Waals surface area contributed by atoms with E-state index in [1.807, 2.05) is 0 Å². The van der Waals surface area contributed by atoms with E-state index >= 15 is 0 Å². The van der Waals surface area contributed by atoms with E-state index in [-0.39, 0.29) is 46.0 Å². The van der Waals surface area contributed by atoms with E-state index < -0.39 is 20.0 Å². The Balaban J connectivity index is 1.83. The van der Waals surface area contributed by atoms with Crippen molar-refractivity contribution in [3.63, 3.8) is 0 Å². The lowest BCUT2D eigenvalue weighted by atomic mass is 10.2. The number of piperazine rings is 1. The summed E-state index contributed by atoms with van der Waals surface area (Å²) < 4.78 is 54.5. The summed E-state index contributed by atoms with van der Waals surface area (Å²) in [5.74, 6) is 0. The summed E-state index contributed by atoms with van der Waals surface area (Å²) >= 11 is 18.0. The van der Waals surface area contributed by atoms with E-state index in [1.165, 1.54) is 26.8 Å². The van der Waals surface area contributed by atoms with Crippen LogP contribution in [0, 0.1) is 13.8 Å². The highest BCUT2D eigenvalue weighted by Crippen LogP contribution is 2.30. The first kappa shape index (κ1) is 22.8. The summed E-state index contributed by atoms with van der Waals surface area (Å²) in [6.07, 6.45) is 0. The summed E-state index contributed by atoms with van der Waals surface area (Å²) in [6.45, 7) is 3.49. The maximum Gasteiger partial charge on any atom is 0.244 e. The van der Waals surface area contributed by atoms with Crippen molar-refractivity contribution < 1.29 is 16.8 Å². The number of hydrogen-bond donors (Lipinski definition) is 0. The average molecular weight is 498 g/mol. The first-order valence-corrected chi connectivity index (χ1v) is 12.7.